The standard InChI is InChI=1S/C50H30N4/c1-2-13-32(14-3-1)48-52-49(54-50(53-48)47-29-45-34(30-51-47)25-24-31-12-4-5-15-35(31)45)44-23-11-21-37-36(20-10-22-41(37)44)33-26-27-43-40-18-7-6-16-38(40)39-17-8-9-19-42(39)46(43)28-33/h1-30H. The smallest absolute Gasteiger partial charge is 0.182 e. The van der Waals surface area contributed by atoms with Gasteiger partial charge in [0.25, 0.3) is 0 Å². The molecule has 0 aliphatic carbocycles. The lowest BCUT2D eigenvalue weighted by Crippen LogP contribution is -2.01. The first-order valence-corrected chi connectivity index (χ1v) is 18.2. The van der Waals surface area contributed by atoms with E-state index in [0.717, 1.165) is 38.2 Å². The molecule has 0 bridgehead atoms. The van der Waals surface area contributed by atoms with E-state index in [1.54, 1.807) is 0 Å². The number of benzene rings is 9. The number of nitrogens with zero attached hydrogens (tertiary/aromatic N) is 4. The van der Waals surface area contributed by atoms with Crippen LogP contribution < -0.4 is 0 Å². The van der Waals surface area contributed by atoms with Gasteiger partial charge in [-0.25, -0.2) is 15.0 Å². The van der Waals surface area contributed by atoms with Crippen LogP contribution in [0.5, 0.6) is 0 Å². The van der Waals surface area contributed by atoms with Crippen molar-refractivity contribution in [1.82, 2.24) is 19.9 Å². The molecule has 2 aromatic heterocycles. The molecule has 0 fully saturated rings. The van der Waals surface area contributed by atoms with Gasteiger partial charge in [0.15, 0.2) is 17.5 Å². The van der Waals surface area contributed by atoms with Crippen molar-refractivity contribution in [1.29, 1.82) is 0 Å². The molecular formula is C50H30N4. The van der Waals surface area contributed by atoms with E-state index in [1.807, 2.05) is 36.5 Å². The average molecular weight is 687 g/mol. The van der Waals surface area contributed by atoms with E-state index in [-0.39, 0.29) is 0 Å². The van der Waals surface area contributed by atoms with Crippen LogP contribution in [0.25, 0.3) is 110 Å². The van der Waals surface area contributed by atoms with E-state index < -0.39 is 0 Å². The molecule has 4 heteroatoms. The van der Waals surface area contributed by atoms with Gasteiger partial charge < -0.3 is 0 Å². The Balaban J connectivity index is 1.11. The third kappa shape index (κ3) is 4.85. The first kappa shape index (κ1) is 30.3. The van der Waals surface area contributed by atoms with Crippen molar-refractivity contribution < 1.29 is 0 Å². The fourth-order valence-electron chi connectivity index (χ4n) is 8.18. The van der Waals surface area contributed by atoms with Gasteiger partial charge in [0.2, 0.25) is 0 Å². The third-order valence-electron chi connectivity index (χ3n) is 10.7. The summed E-state index contributed by atoms with van der Waals surface area (Å²) >= 11 is 0. The third-order valence-corrected chi connectivity index (χ3v) is 10.7. The highest BCUT2D eigenvalue weighted by molar-refractivity contribution is 6.26. The van der Waals surface area contributed by atoms with Gasteiger partial charge in [0.1, 0.15) is 5.69 Å². The number of hydrogen-bond acceptors (Lipinski definition) is 4. The lowest BCUT2D eigenvalue weighted by atomic mass is 9.90. The fraction of sp³-hybridized carbons (Fsp3) is 0. The van der Waals surface area contributed by atoms with Crippen molar-refractivity contribution in [3.05, 3.63) is 182 Å². The summed E-state index contributed by atoms with van der Waals surface area (Å²) in [4.78, 5) is 20.2. The molecular weight excluding hydrogens is 657 g/mol. The van der Waals surface area contributed by atoms with Gasteiger partial charge in [-0.1, -0.05) is 164 Å². The molecule has 11 rings (SSSR count). The van der Waals surface area contributed by atoms with Crippen LogP contribution in [-0.4, -0.2) is 19.9 Å². The van der Waals surface area contributed by atoms with Crippen molar-refractivity contribution in [3.63, 3.8) is 0 Å². The Kier molecular flexibility index (Phi) is 6.82. The average Bonchev–Trinajstić information content (AvgIpc) is 3.26. The lowest BCUT2D eigenvalue weighted by molar-refractivity contribution is 1.06. The highest BCUT2D eigenvalue weighted by Crippen LogP contribution is 2.40. The van der Waals surface area contributed by atoms with Crippen LogP contribution in [0, 0.1) is 0 Å². The maximum absolute atomic E-state index is 5.16. The minimum atomic E-state index is 0.537. The van der Waals surface area contributed by atoms with Crippen molar-refractivity contribution in [2.75, 3.05) is 0 Å². The van der Waals surface area contributed by atoms with E-state index >= 15 is 0 Å². The lowest BCUT2D eigenvalue weighted by Gasteiger charge is -2.14. The van der Waals surface area contributed by atoms with E-state index in [0.29, 0.717) is 23.2 Å². The molecule has 0 saturated carbocycles. The SMILES string of the molecule is c1ccc(-c2nc(-c3cc4c(ccc5ccccc54)cn3)nc(-c3cccc4c(-c5ccc6c7ccccc7c7ccccc7c6c5)cccc34)n2)cc1. The summed E-state index contributed by atoms with van der Waals surface area (Å²) in [6.45, 7) is 0. The topological polar surface area (TPSA) is 51.6 Å². The first-order valence-electron chi connectivity index (χ1n) is 18.2. The van der Waals surface area contributed by atoms with Gasteiger partial charge in [-0.05, 0) is 82.5 Å². The zero-order chi connectivity index (χ0) is 35.6. The van der Waals surface area contributed by atoms with Crippen LogP contribution in [0.1, 0.15) is 0 Å². The zero-order valence-electron chi connectivity index (χ0n) is 29.1. The van der Waals surface area contributed by atoms with Gasteiger partial charge in [0.05, 0.1) is 0 Å². The van der Waals surface area contributed by atoms with Crippen molar-refractivity contribution in [2.24, 2.45) is 0 Å². The second-order valence-corrected chi connectivity index (χ2v) is 13.8. The van der Waals surface area contributed by atoms with Crippen molar-refractivity contribution in [3.8, 4) is 45.4 Å². The summed E-state index contributed by atoms with van der Waals surface area (Å²) in [7, 11) is 0. The molecule has 0 N–H and O–H groups in total. The zero-order valence-corrected chi connectivity index (χ0v) is 29.1. The van der Waals surface area contributed by atoms with E-state index in [1.165, 1.54) is 48.7 Å². The molecule has 0 spiro atoms. The quantitative estimate of drug-likeness (QED) is 0.173. The Hall–Kier alpha value is -7.30. The minimum Gasteiger partial charge on any atom is -0.252 e. The highest BCUT2D eigenvalue weighted by Gasteiger charge is 2.17. The molecule has 250 valence electrons. The summed E-state index contributed by atoms with van der Waals surface area (Å²) in [6, 6.07) is 62.2. The van der Waals surface area contributed by atoms with Gasteiger partial charge in [-0.2, -0.15) is 0 Å². The molecule has 0 aliphatic heterocycles. The number of aromatic nitrogens is 4. The molecule has 0 atom stereocenters. The van der Waals surface area contributed by atoms with Crippen molar-refractivity contribution >= 4 is 64.6 Å². The first-order chi connectivity index (χ1) is 26.8. The normalized spacial score (nSPS) is 11.7. The predicted octanol–water partition coefficient (Wildman–Crippen LogP) is 12.9. The van der Waals surface area contributed by atoms with Crippen LogP contribution in [0.15, 0.2) is 182 Å². The van der Waals surface area contributed by atoms with Crippen LogP contribution in [0.4, 0.5) is 0 Å². The van der Waals surface area contributed by atoms with Crippen molar-refractivity contribution in [2.45, 2.75) is 0 Å². The number of hydrogen-bond donors (Lipinski definition) is 0. The summed E-state index contributed by atoms with van der Waals surface area (Å²) in [5.74, 6) is 1.75. The Bertz CT molecular complexity index is 3240. The summed E-state index contributed by atoms with van der Waals surface area (Å²) in [5.41, 5.74) is 4.90. The number of rotatable bonds is 4. The molecule has 0 radical (unpaired) electrons. The van der Waals surface area contributed by atoms with Crippen LogP contribution in [0.2, 0.25) is 0 Å². The maximum atomic E-state index is 5.16. The fourth-order valence-corrected chi connectivity index (χ4v) is 8.18. The predicted molar refractivity (Wildman–Crippen MR) is 224 cm³/mol. The molecule has 54 heavy (non-hydrogen) atoms. The molecule has 4 nitrogen and oxygen atoms in total. The van der Waals surface area contributed by atoms with E-state index in [9.17, 15) is 0 Å². The maximum Gasteiger partial charge on any atom is 0.182 e. The Morgan fingerprint density at radius 1 is 0.278 bits per heavy atom. The molecule has 0 aliphatic rings. The Labute approximate surface area is 311 Å². The van der Waals surface area contributed by atoms with Crippen LogP contribution in [0.3, 0.4) is 0 Å². The second-order valence-electron chi connectivity index (χ2n) is 13.8. The Morgan fingerprint density at radius 2 is 0.833 bits per heavy atom. The van der Waals surface area contributed by atoms with Gasteiger partial charge >= 0.3 is 0 Å². The summed E-state index contributed by atoms with van der Waals surface area (Å²) in [6.07, 6.45) is 1.92. The number of fused-ring (bicyclic) bond motifs is 10. The monoisotopic (exact) mass is 686 g/mol. The molecule has 11 aromatic rings. The molecule has 9 aromatic carbocycles. The van der Waals surface area contributed by atoms with E-state index in [4.69, 9.17) is 19.9 Å². The van der Waals surface area contributed by atoms with Gasteiger partial charge in [-0.3, -0.25) is 4.98 Å². The number of pyridine rings is 1. The second kappa shape index (κ2) is 12.1. The molecule has 0 amide bonds. The van der Waals surface area contributed by atoms with Crippen LogP contribution >= 0.6 is 0 Å². The van der Waals surface area contributed by atoms with Gasteiger partial charge in [-0.15, -0.1) is 0 Å². The molecule has 0 saturated heterocycles. The largest absolute Gasteiger partial charge is 0.252 e. The Morgan fingerprint density at radius 3 is 1.59 bits per heavy atom. The van der Waals surface area contributed by atoms with E-state index in [2.05, 4.69) is 146 Å². The van der Waals surface area contributed by atoms with Crippen LogP contribution in [-0.2, 0) is 0 Å². The summed E-state index contributed by atoms with van der Waals surface area (Å²) < 4.78 is 0. The molecule has 0 unspecified atom stereocenters. The minimum absolute atomic E-state index is 0.537. The summed E-state index contributed by atoms with van der Waals surface area (Å²) in [5, 5.41) is 14.4. The highest BCUT2D eigenvalue weighted by atomic mass is 15.0. The molecule has 2 heterocycles. The van der Waals surface area contributed by atoms with Gasteiger partial charge in [0, 0.05) is 22.7 Å².